The van der Waals surface area contributed by atoms with Crippen molar-refractivity contribution in [2.24, 2.45) is 64.8 Å². The Morgan fingerprint density at radius 2 is 0.550 bits per heavy atom. The maximum atomic E-state index is 2.45. The monoisotopic (exact) mass is 1580 g/mol. The van der Waals surface area contributed by atoms with Crippen LogP contribution in [0.1, 0.15) is 184 Å². The molecule has 5 heteroatoms. The minimum absolute atomic E-state index is 0.855. The standard InChI is InChI=1S/5C23H26N/c1-17-9-3-7-13-21(17)23-20(15-18-10-4-5-11-18)16-19-12-6-8-14-22(19)24(23)2;1-17-9-3-6-12-20(17)23-16-19(15-18-10-4-5-11-18)21-13-7-8-14-22(21)24(23)2;1-17-8-3-6-12-20(17)23-15-14-21-19(16-18-9-4-5-10-18)11-7-13-22(21)24(23)2;1-17-7-3-6-10-21(17)23-14-12-20-16-19(11-13-22(20)24(23)2)15-18-8-4-5-9-18;1-17-7-3-6-10-21(17)22-14-13-20-12-11-19(16-23(20)24(22)2)15-18-8-4-5-9-18/h2*3,6-9,12-14,16,18H,4-5,10-11,15H2,1-2H3;3,6-8,11-15,18H,4-5,9-10,16H2,1-2H3;2*3,6-7,10-14,16,18H,4-5,8-9,15H2,1-2H3/q5*+1. The molecule has 10 aromatic carbocycles. The molecule has 15 aromatic rings. The molecule has 5 nitrogen and oxygen atoms in total. The summed E-state index contributed by atoms with van der Waals surface area (Å²) >= 11 is 0. The number of para-hydroxylation sites is 2. The molecule has 610 valence electrons. The normalized spacial score (nSPS) is 15.2. The van der Waals surface area contributed by atoms with Crippen molar-refractivity contribution in [3.63, 3.8) is 0 Å². The van der Waals surface area contributed by atoms with Crippen molar-refractivity contribution in [2.45, 2.75) is 195 Å². The van der Waals surface area contributed by atoms with Crippen LogP contribution in [0.25, 0.3) is 111 Å². The van der Waals surface area contributed by atoms with Gasteiger partial charge in [0.05, 0.1) is 0 Å². The van der Waals surface area contributed by atoms with Gasteiger partial charge in [0.2, 0.25) is 56.1 Å². The largest absolute Gasteiger partial charge is 0.216 e. The van der Waals surface area contributed by atoms with E-state index in [1.807, 2.05) is 0 Å². The quantitative estimate of drug-likeness (QED) is 0.0912. The summed E-state index contributed by atoms with van der Waals surface area (Å²) in [7, 11) is 11.0. The number of pyridine rings is 5. The average Bonchev–Trinajstić information content (AvgIpc) is 0.810. The molecule has 5 heterocycles. The van der Waals surface area contributed by atoms with Gasteiger partial charge in [-0.2, -0.15) is 22.8 Å². The topological polar surface area (TPSA) is 19.4 Å². The fraction of sp³-hybridized carbons (Fsp3) is 0.348. The summed E-state index contributed by atoms with van der Waals surface area (Å²) in [5.74, 6) is 4.41. The van der Waals surface area contributed by atoms with Crippen molar-refractivity contribution in [1.82, 2.24) is 0 Å². The fourth-order valence-electron chi connectivity index (χ4n) is 21.5. The van der Waals surface area contributed by atoms with Crippen molar-refractivity contribution in [1.29, 1.82) is 0 Å². The molecule has 0 bridgehead atoms. The molecule has 0 radical (unpaired) electrons. The van der Waals surface area contributed by atoms with Crippen molar-refractivity contribution < 1.29 is 22.8 Å². The molecule has 0 saturated heterocycles. The molecule has 0 atom stereocenters. The minimum Gasteiger partial charge on any atom is -0.194 e. The first-order chi connectivity index (χ1) is 58.7. The van der Waals surface area contributed by atoms with E-state index in [1.54, 1.807) is 0 Å². The molecule has 0 aliphatic heterocycles. The van der Waals surface area contributed by atoms with Crippen LogP contribution in [0.2, 0.25) is 0 Å². The molecule has 5 fully saturated rings. The summed E-state index contributed by atoms with van der Waals surface area (Å²) in [5, 5.41) is 6.87. The molecule has 20 rings (SSSR count). The van der Waals surface area contributed by atoms with E-state index < -0.39 is 0 Å². The molecule has 0 amide bonds. The SMILES string of the molecule is Cc1ccccc1-c1c(CC2CCCC2)cc2ccccc2[n+]1C.Cc1ccccc1-c1cc(CC2CCCC2)c2ccccc2[n+]1C.Cc1ccccc1-c1ccc2c(CC3CCCC3)cccc2[n+]1C.Cc1ccccc1-c1ccc2cc(CC3CCCC3)ccc2[n+]1C.Cc1ccccc1-c1ccc2ccc(CC3CCCC3)cc2[n+]1C. The Hall–Kier alpha value is -10.8. The molecular weight excluding hydrogens is 1450 g/mol. The predicted octanol–water partition coefficient (Wildman–Crippen LogP) is 26.9. The van der Waals surface area contributed by atoms with Crippen LogP contribution in [0.3, 0.4) is 0 Å². The first kappa shape index (κ1) is 82.9. The Morgan fingerprint density at radius 1 is 0.217 bits per heavy atom. The summed E-state index contributed by atoms with van der Waals surface area (Å²) in [6, 6.07) is 101. The van der Waals surface area contributed by atoms with Gasteiger partial charge in [-0.1, -0.05) is 268 Å². The number of aryl methyl sites for hydroxylation is 10. The molecular formula is C115H130N5+5. The van der Waals surface area contributed by atoms with E-state index in [0.29, 0.717) is 0 Å². The molecule has 5 aliphatic rings. The van der Waals surface area contributed by atoms with Gasteiger partial charge in [-0.3, -0.25) is 0 Å². The molecule has 5 saturated carbocycles. The Morgan fingerprint density at radius 3 is 1.06 bits per heavy atom. The maximum Gasteiger partial charge on any atom is 0.216 e. The van der Waals surface area contributed by atoms with Gasteiger partial charge in [0.25, 0.3) is 0 Å². The Labute approximate surface area is 717 Å². The summed E-state index contributed by atoms with van der Waals surface area (Å²) in [6.07, 6.45) is 34.4. The Balaban J connectivity index is 0.000000112. The number of aromatic nitrogens is 5. The number of hydrogen-bond donors (Lipinski definition) is 0. The Bertz CT molecular complexity index is 6010. The summed E-state index contributed by atoms with van der Waals surface area (Å²) in [5.41, 5.74) is 34.1. The highest BCUT2D eigenvalue weighted by molar-refractivity contribution is 5.85. The summed E-state index contributed by atoms with van der Waals surface area (Å²) < 4.78 is 11.8. The highest BCUT2D eigenvalue weighted by Gasteiger charge is 2.29. The maximum absolute atomic E-state index is 2.45. The van der Waals surface area contributed by atoms with Crippen molar-refractivity contribution >= 4 is 54.5 Å². The highest BCUT2D eigenvalue weighted by atomic mass is 15.0. The van der Waals surface area contributed by atoms with Gasteiger partial charge in [0.15, 0.2) is 0 Å². The smallest absolute Gasteiger partial charge is 0.194 e. The second-order valence-electron chi connectivity index (χ2n) is 36.6. The molecule has 5 aromatic heterocycles. The number of hydrogen-bond acceptors (Lipinski definition) is 0. The lowest BCUT2D eigenvalue weighted by molar-refractivity contribution is -0.634. The number of fused-ring (bicyclic) bond motifs is 5. The van der Waals surface area contributed by atoms with E-state index in [0.717, 1.165) is 29.6 Å². The van der Waals surface area contributed by atoms with Crippen LogP contribution in [0, 0.1) is 64.2 Å². The molecule has 0 N–H and O–H groups in total. The van der Waals surface area contributed by atoms with Crippen LogP contribution in [-0.2, 0) is 67.3 Å². The second-order valence-corrected chi connectivity index (χ2v) is 36.6. The van der Waals surface area contributed by atoms with Crippen LogP contribution in [0.15, 0.2) is 273 Å². The van der Waals surface area contributed by atoms with Gasteiger partial charge in [-0.05, 0) is 225 Å². The van der Waals surface area contributed by atoms with Crippen LogP contribution in [0.4, 0.5) is 0 Å². The van der Waals surface area contributed by atoms with Crippen LogP contribution < -0.4 is 22.8 Å². The van der Waals surface area contributed by atoms with Gasteiger partial charge in [-0.15, -0.1) is 0 Å². The van der Waals surface area contributed by atoms with Gasteiger partial charge < -0.3 is 0 Å². The third kappa shape index (κ3) is 19.0. The first-order valence-corrected chi connectivity index (χ1v) is 46.0. The predicted molar refractivity (Wildman–Crippen MR) is 505 cm³/mol. The highest BCUT2D eigenvalue weighted by Crippen LogP contribution is 2.39. The zero-order chi connectivity index (χ0) is 82.6. The number of benzene rings is 10. The van der Waals surface area contributed by atoms with Crippen LogP contribution >= 0.6 is 0 Å². The van der Waals surface area contributed by atoms with E-state index in [2.05, 4.69) is 366 Å². The van der Waals surface area contributed by atoms with E-state index in [1.165, 1.54) is 327 Å². The molecule has 0 spiro atoms. The van der Waals surface area contributed by atoms with Crippen molar-refractivity contribution in [3.8, 4) is 56.3 Å². The van der Waals surface area contributed by atoms with E-state index in [4.69, 9.17) is 0 Å². The number of rotatable bonds is 15. The van der Waals surface area contributed by atoms with E-state index in [9.17, 15) is 0 Å². The van der Waals surface area contributed by atoms with Gasteiger partial charge in [0.1, 0.15) is 35.2 Å². The van der Waals surface area contributed by atoms with Gasteiger partial charge in [-0.25, -0.2) is 0 Å². The fourth-order valence-corrected chi connectivity index (χ4v) is 21.5. The zero-order valence-electron chi connectivity index (χ0n) is 73.8. The van der Waals surface area contributed by atoms with Gasteiger partial charge >= 0.3 is 0 Å². The zero-order valence-corrected chi connectivity index (χ0v) is 73.8. The number of nitrogens with zero attached hydrogens (tertiary/aromatic N) is 5. The summed E-state index contributed by atoms with van der Waals surface area (Å²) in [4.78, 5) is 0. The summed E-state index contributed by atoms with van der Waals surface area (Å²) in [6.45, 7) is 11.0. The molecule has 120 heavy (non-hydrogen) atoms. The minimum atomic E-state index is 0.855. The second kappa shape index (κ2) is 38.8. The molecule has 5 aliphatic carbocycles. The average molecular weight is 1580 g/mol. The van der Waals surface area contributed by atoms with Crippen molar-refractivity contribution in [2.75, 3.05) is 0 Å². The molecule has 0 unspecified atom stereocenters. The lowest BCUT2D eigenvalue weighted by atomic mass is 9.91. The first-order valence-electron chi connectivity index (χ1n) is 46.0. The van der Waals surface area contributed by atoms with Crippen LogP contribution in [0.5, 0.6) is 0 Å². The third-order valence-corrected chi connectivity index (χ3v) is 28.4. The Kier molecular flexibility index (Phi) is 26.8. The third-order valence-electron chi connectivity index (χ3n) is 28.4. The lowest BCUT2D eigenvalue weighted by Crippen LogP contribution is -2.34. The van der Waals surface area contributed by atoms with Gasteiger partial charge in [0, 0.05) is 115 Å². The van der Waals surface area contributed by atoms with E-state index >= 15 is 0 Å². The van der Waals surface area contributed by atoms with Crippen molar-refractivity contribution in [3.05, 3.63) is 329 Å². The van der Waals surface area contributed by atoms with E-state index in [-0.39, 0.29) is 0 Å². The van der Waals surface area contributed by atoms with Crippen LogP contribution in [-0.4, -0.2) is 0 Å². The lowest BCUT2D eigenvalue weighted by Gasteiger charge is -2.15.